The molecule has 112 valence electrons. The van der Waals surface area contributed by atoms with Gasteiger partial charge in [0.05, 0.1) is 0 Å². The molecule has 0 aromatic heterocycles. The molecule has 2 saturated carbocycles. The van der Waals surface area contributed by atoms with Crippen LogP contribution in [0.5, 0.6) is 0 Å². The summed E-state index contributed by atoms with van der Waals surface area (Å²) in [6.07, 6.45) is 14.9. The first kappa shape index (κ1) is 15.4. The minimum absolute atomic E-state index is 0.810. The van der Waals surface area contributed by atoms with Crippen molar-refractivity contribution in [3.8, 4) is 0 Å². The van der Waals surface area contributed by atoms with E-state index in [-0.39, 0.29) is 0 Å². The molecule has 2 fully saturated rings. The Morgan fingerprint density at radius 3 is 2.32 bits per heavy atom. The fourth-order valence-electron chi connectivity index (χ4n) is 4.70. The third-order valence-electron chi connectivity index (χ3n) is 6.56. The highest BCUT2D eigenvalue weighted by Crippen LogP contribution is 2.59. The summed E-state index contributed by atoms with van der Waals surface area (Å²) < 4.78 is 0. The molecule has 0 aromatic carbocycles. The standard InChI is InChI=1S/C19H36/c1-5-7-8-9-10-19(11-12-19)14-18-16(4)15(3)13-17(18)6-2/h15-18H,5-14H2,1-4H3. The molecule has 0 amide bonds. The van der Waals surface area contributed by atoms with E-state index in [9.17, 15) is 0 Å². The zero-order valence-corrected chi connectivity index (χ0v) is 13.9. The number of rotatable bonds is 8. The predicted octanol–water partition coefficient (Wildman–Crippen LogP) is 6.45. The molecule has 2 aliphatic rings. The summed E-state index contributed by atoms with van der Waals surface area (Å²) in [6.45, 7) is 9.77. The van der Waals surface area contributed by atoms with E-state index in [4.69, 9.17) is 0 Å². The molecule has 0 aromatic rings. The molecule has 0 bridgehead atoms. The van der Waals surface area contributed by atoms with Gasteiger partial charge in [0.2, 0.25) is 0 Å². The molecule has 2 aliphatic carbocycles. The average Bonchev–Trinajstić information content (AvgIpc) is 3.12. The van der Waals surface area contributed by atoms with Gasteiger partial charge in [-0.2, -0.15) is 0 Å². The fraction of sp³-hybridized carbons (Fsp3) is 1.00. The van der Waals surface area contributed by atoms with Gasteiger partial charge in [-0.15, -0.1) is 0 Å². The van der Waals surface area contributed by atoms with E-state index in [1.807, 2.05) is 0 Å². The Balaban J connectivity index is 1.82. The van der Waals surface area contributed by atoms with E-state index in [0.717, 1.165) is 29.1 Å². The summed E-state index contributed by atoms with van der Waals surface area (Å²) in [6, 6.07) is 0. The first-order valence-corrected chi connectivity index (χ1v) is 9.12. The van der Waals surface area contributed by atoms with Crippen molar-refractivity contribution in [2.45, 2.75) is 91.9 Å². The van der Waals surface area contributed by atoms with E-state index in [1.165, 1.54) is 38.5 Å². The molecular formula is C19H36. The van der Waals surface area contributed by atoms with Crippen molar-refractivity contribution >= 4 is 0 Å². The van der Waals surface area contributed by atoms with Gasteiger partial charge in [-0.3, -0.25) is 0 Å². The highest BCUT2D eigenvalue weighted by Gasteiger charge is 2.48. The summed E-state index contributed by atoms with van der Waals surface area (Å²) in [5.74, 6) is 4.05. The third-order valence-corrected chi connectivity index (χ3v) is 6.56. The molecule has 0 radical (unpaired) electrons. The van der Waals surface area contributed by atoms with E-state index in [1.54, 1.807) is 25.7 Å². The van der Waals surface area contributed by atoms with Crippen LogP contribution in [0.4, 0.5) is 0 Å². The lowest BCUT2D eigenvalue weighted by Gasteiger charge is -2.28. The van der Waals surface area contributed by atoms with E-state index >= 15 is 0 Å². The van der Waals surface area contributed by atoms with Crippen molar-refractivity contribution in [2.24, 2.45) is 29.1 Å². The van der Waals surface area contributed by atoms with Gasteiger partial charge in [0.1, 0.15) is 0 Å². The van der Waals surface area contributed by atoms with Crippen LogP contribution in [0.3, 0.4) is 0 Å². The second kappa shape index (κ2) is 6.64. The number of hydrogen-bond acceptors (Lipinski definition) is 0. The lowest BCUT2D eigenvalue weighted by Crippen LogP contribution is -2.19. The van der Waals surface area contributed by atoms with Crippen LogP contribution in [0.1, 0.15) is 91.9 Å². The van der Waals surface area contributed by atoms with Crippen LogP contribution in [0.25, 0.3) is 0 Å². The van der Waals surface area contributed by atoms with Crippen molar-refractivity contribution in [1.29, 1.82) is 0 Å². The molecule has 4 atom stereocenters. The topological polar surface area (TPSA) is 0 Å². The van der Waals surface area contributed by atoms with Crippen LogP contribution in [-0.4, -0.2) is 0 Å². The molecule has 2 rings (SSSR count). The van der Waals surface area contributed by atoms with Crippen molar-refractivity contribution in [3.63, 3.8) is 0 Å². The van der Waals surface area contributed by atoms with Gasteiger partial charge in [0.25, 0.3) is 0 Å². The average molecular weight is 264 g/mol. The minimum Gasteiger partial charge on any atom is -0.0654 e. The zero-order chi connectivity index (χ0) is 13.9. The van der Waals surface area contributed by atoms with Gasteiger partial charge in [0, 0.05) is 0 Å². The minimum atomic E-state index is 0.810. The van der Waals surface area contributed by atoms with E-state index < -0.39 is 0 Å². The maximum atomic E-state index is 2.54. The first-order chi connectivity index (χ1) is 9.12. The molecule has 0 aliphatic heterocycles. The summed E-state index contributed by atoms with van der Waals surface area (Å²) in [5, 5.41) is 0. The highest BCUT2D eigenvalue weighted by atomic mass is 14.5. The largest absolute Gasteiger partial charge is 0.0654 e. The lowest BCUT2D eigenvalue weighted by molar-refractivity contribution is 0.221. The monoisotopic (exact) mass is 264 g/mol. The van der Waals surface area contributed by atoms with E-state index in [0.29, 0.717) is 0 Å². The maximum Gasteiger partial charge on any atom is -0.0294 e. The van der Waals surface area contributed by atoms with Crippen LogP contribution in [0, 0.1) is 29.1 Å². The molecule has 0 saturated heterocycles. The Morgan fingerprint density at radius 2 is 1.74 bits per heavy atom. The molecule has 0 N–H and O–H groups in total. The summed E-state index contributed by atoms with van der Waals surface area (Å²) in [4.78, 5) is 0. The van der Waals surface area contributed by atoms with Gasteiger partial charge < -0.3 is 0 Å². The Morgan fingerprint density at radius 1 is 1.00 bits per heavy atom. The third kappa shape index (κ3) is 3.76. The quantitative estimate of drug-likeness (QED) is 0.442. The fourth-order valence-corrected chi connectivity index (χ4v) is 4.70. The second-order valence-corrected chi connectivity index (χ2v) is 7.92. The molecule has 19 heavy (non-hydrogen) atoms. The van der Waals surface area contributed by atoms with Crippen molar-refractivity contribution in [2.75, 3.05) is 0 Å². The lowest BCUT2D eigenvalue weighted by atomic mass is 9.77. The van der Waals surface area contributed by atoms with Crippen LogP contribution in [0.15, 0.2) is 0 Å². The van der Waals surface area contributed by atoms with Crippen LogP contribution in [-0.2, 0) is 0 Å². The van der Waals surface area contributed by atoms with Gasteiger partial charge in [-0.25, -0.2) is 0 Å². The smallest absolute Gasteiger partial charge is 0.0294 e. The Bertz CT molecular complexity index is 263. The van der Waals surface area contributed by atoms with Crippen molar-refractivity contribution in [1.82, 2.24) is 0 Å². The van der Waals surface area contributed by atoms with Crippen molar-refractivity contribution in [3.05, 3.63) is 0 Å². The highest BCUT2D eigenvalue weighted by molar-refractivity contribution is 4.98. The molecule has 0 heterocycles. The number of hydrogen-bond donors (Lipinski definition) is 0. The summed E-state index contributed by atoms with van der Waals surface area (Å²) in [5.41, 5.74) is 0.810. The summed E-state index contributed by atoms with van der Waals surface area (Å²) in [7, 11) is 0. The Kier molecular flexibility index (Phi) is 5.37. The van der Waals surface area contributed by atoms with Crippen LogP contribution < -0.4 is 0 Å². The van der Waals surface area contributed by atoms with Crippen LogP contribution in [0.2, 0.25) is 0 Å². The Labute approximate surface area is 121 Å². The Hall–Kier alpha value is 0. The maximum absolute atomic E-state index is 2.54. The second-order valence-electron chi connectivity index (χ2n) is 7.92. The molecule has 0 spiro atoms. The molecular weight excluding hydrogens is 228 g/mol. The molecule has 4 unspecified atom stereocenters. The van der Waals surface area contributed by atoms with Gasteiger partial charge in [-0.05, 0) is 61.2 Å². The van der Waals surface area contributed by atoms with E-state index in [2.05, 4.69) is 27.7 Å². The summed E-state index contributed by atoms with van der Waals surface area (Å²) >= 11 is 0. The number of unbranched alkanes of at least 4 members (excludes halogenated alkanes) is 3. The predicted molar refractivity (Wildman–Crippen MR) is 85.3 cm³/mol. The van der Waals surface area contributed by atoms with Gasteiger partial charge in [-0.1, -0.05) is 59.8 Å². The van der Waals surface area contributed by atoms with Crippen LogP contribution >= 0.6 is 0 Å². The molecule has 0 nitrogen and oxygen atoms in total. The SMILES string of the molecule is CCCCCCC1(CC2C(CC)CC(C)C2C)CC1. The molecule has 0 heteroatoms. The van der Waals surface area contributed by atoms with Gasteiger partial charge in [0.15, 0.2) is 0 Å². The first-order valence-electron chi connectivity index (χ1n) is 9.12. The zero-order valence-electron chi connectivity index (χ0n) is 13.9. The van der Waals surface area contributed by atoms with Gasteiger partial charge >= 0.3 is 0 Å². The van der Waals surface area contributed by atoms with Crippen molar-refractivity contribution < 1.29 is 0 Å². The normalized spacial score (nSPS) is 36.6.